The molecule has 0 aliphatic carbocycles. The number of anilines is 2. The van der Waals surface area contributed by atoms with Crippen molar-refractivity contribution in [1.29, 1.82) is 0 Å². The van der Waals surface area contributed by atoms with Crippen molar-refractivity contribution < 1.29 is 35.5 Å². The molecule has 1 aliphatic heterocycles. The molecule has 1 saturated heterocycles. The summed E-state index contributed by atoms with van der Waals surface area (Å²) in [6, 6.07) is 3.23. The van der Waals surface area contributed by atoms with Gasteiger partial charge in [0.1, 0.15) is 16.3 Å². The van der Waals surface area contributed by atoms with Gasteiger partial charge in [0, 0.05) is 31.6 Å². The smallest absolute Gasteiger partial charge is 0.425 e. The van der Waals surface area contributed by atoms with Crippen molar-refractivity contribution in [3.8, 4) is 0 Å². The highest BCUT2D eigenvalue weighted by Gasteiger charge is 2.45. The number of hydrogen-bond acceptors (Lipinski definition) is 7. The van der Waals surface area contributed by atoms with Crippen LogP contribution >= 0.6 is 0 Å². The van der Waals surface area contributed by atoms with Gasteiger partial charge in [-0.2, -0.15) is 18.2 Å². The molecule has 1 atom stereocenters. The van der Waals surface area contributed by atoms with Crippen molar-refractivity contribution in [2.45, 2.75) is 50.4 Å². The summed E-state index contributed by atoms with van der Waals surface area (Å²) < 4.78 is 83.8. The van der Waals surface area contributed by atoms with Crippen molar-refractivity contribution in [3.63, 3.8) is 0 Å². The largest absolute Gasteiger partial charge is 0.437 e. The fourth-order valence-electron chi connectivity index (χ4n) is 3.86. The zero-order valence-corrected chi connectivity index (χ0v) is 19.8. The quantitative estimate of drug-likeness (QED) is 0.634. The average molecular weight is 494 g/mol. The molecule has 33 heavy (non-hydrogen) atoms. The summed E-state index contributed by atoms with van der Waals surface area (Å²) in [5, 5.41) is 10.2. The van der Waals surface area contributed by atoms with Gasteiger partial charge in [0.2, 0.25) is 0 Å². The van der Waals surface area contributed by atoms with Crippen LogP contribution in [0.25, 0.3) is 0 Å². The molecule has 2 heterocycles. The summed E-state index contributed by atoms with van der Waals surface area (Å²) in [4.78, 5) is 6.74. The van der Waals surface area contributed by atoms with Crippen molar-refractivity contribution in [2.75, 3.05) is 35.7 Å². The van der Waals surface area contributed by atoms with Crippen molar-refractivity contribution in [3.05, 3.63) is 35.5 Å². The molecule has 0 spiro atoms. The van der Waals surface area contributed by atoms with Gasteiger partial charge >= 0.3 is 6.18 Å². The maximum Gasteiger partial charge on any atom is 0.437 e. The van der Waals surface area contributed by atoms with Crippen LogP contribution in [0, 0.1) is 11.7 Å². The van der Waals surface area contributed by atoms with Crippen LogP contribution in [0.3, 0.4) is 0 Å². The predicted octanol–water partition coefficient (Wildman–Crippen LogP) is 3.81. The van der Waals surface area contributed by atoms with Gasteiger partial charge in [-0.1, -0.05) is 13.8 Å². The third-order valence-corrected chi connectivity index (χ3v) is 6.67. The number of hydrogen-bond donors (Lipinski definition) is 1. The second kappa shape index (κ2) is 8.46. The minimum absolute atomic E-state index is 0.0468. The van der Waals surface area contributed by atoms with Gasteiger partial charge in [-0.15, -0.1) is 0 Å². The summed E-state index contributed by atoms with van der Waals surface area (Å²) >= 11 is 0. The number of benzene rings is 1. The van der Waals surface area contributed by atoms with Crippen LogP contribution in [-0.2, 0) is 21.6 Å². The van der Waals surface area contributed by atoms with E-state index in [4.69, 9.17) is 4.42 Å². The first-order valence-corrected chi connectivity index (χ1v) is 12.2. The van der Waals surface area contributed by atoms with Gasteiger partial charge < -0.3 is 19.3 Å². The Labute approximate surface area is 189 Å². The molecule has 1 N–H and O–H groups in total. The van der Waals surface area contributed by atoms with Gasteiger partial charge in [0.15, 0.2) is 21.3 Å². The predicted molar refractivity (Wildman–Crippen MR) is 114 cm³/mol. The third-order valence-electron chi connectivity index (χ3n) is 5.55. The van der Waals surface area contributed by atoms with E-state index in [1.54, 1.807) is 4.90 Å². The number of rotatable bonds is 5. The summed E-state index contributed by atoms with van der Waals surface area (Å²) in [6.45, 7) is 7.00. The second-order valence-corrected chi connectivity index (χ2v) is 11.1. The Bertz CT molecular complexity index is 1090. The minimum Gasteiger partial charge on any atom is -0.425 e. The Hall–Kier alpha value is -2.34. The van der Waals surface area contributed by atoms with Crippen LogP contribution in [0.2, 0.25) is 0 Å². The first kappa shape index (κ1) is 25.3. The molecule has 1 aliphatic rings. The number of aromatic nitrogens is 1. The summed E-state index contributed by atoms with van der Waals surface area (Å²) in [7, 11) is -3.78. The molecule has 0 amide bonds. The van der Waals surface area contributed by atoms with E-state index >= 15 is 0 Å². The highest BCUT2D eigenvalue weighted by atomic mass is 32.2. The van der Waals surface area contributed by atoms with Gasteiger partial charge in [-0.05, 0) is 38.0 Å². The van der Waals surface area contributed by atoms with Crippen LogP contribution in [0.15, 0.2) is 27.5 Å². The van der Waals surface area contributed by atoms with Gasteiger partial charge in [-0.3, -0.25) is 0 Å². The van der Waals surface area contributed by atoms with Gasteiger partial charge in [0.05, 0.1) is 6.04 Å². The number of alkyl halides is 3. The zero-order valence-electron chi connectivity index (χ0n) is 18.9. The topological polar surface area (TPSA) is 86.9 Å². The minimum atomic E-state index is -4.80. The third kappa shape index (κ3) is 5.26. The summed E-state index contributed by atoms with van der Waals surface area (Å²) in [5.41, 5.74) is -2.67. The van der Waals surface area contributed by atoms with E-state index in [0.717, 1.165) is 12.3 Å². The lowest BCUT2D eigenvalue weighted by atomic mass is 9.99. The van der Waals surface area contributed by atoms with E-state index in [1.807, 2.05) is 18.7 Å². The SMILES string of the molecule is CC(C)C1CN(c2ccc(F)c(S(C)(=O)=O)c2)CCN1c1nc(C(F)(F)F)c(C(C)(C)O)o1. The Balaban J connectivity index is 1.96. The molecule has 1 fully saturated rings. The average Bonchev–Trinajstić information content (AvgIpc) is 3.13. The molecule has 3 rings (SSSR count). The molecule has 7 nitrogen and oxygen atoms in total. The summed E-state index contributed by atoms with van der Waals surface area (Å²) in [5.74, 6) is -1.56. The normalized spacial score (nSPS) is 18.3. The van der Waals surface area contributed by atoms with E-state index in [1.165, 1.54) is 26.0 Å². The second-order valence-electron chi connectivity index (χ2n) is 9.07. The molecular weight excluding hydrogens is 466 g/mol. The molecule has 1 aromatic heterocycles. The Morgan fingerprint density at radius 1 is 1.21 bits per heavy atom. The fraction of sp³-hybridized carbons (Fsp3) is 0.571. The fourth-order valence-corrected chi connectivity index (χ4v) is 4.62. The van der Waals surface area contributed by atoms with E-state index in [2.05, 4.69) is 4.98 Å². The van der Waals surface area contributed by atoms with Crippen LogP contribution in [0.1, 0.15) is 39.1 Å². The molecule has 1 unspecified atom stereocenters. The molecule has 2 aromatic rings. The van der Waals surface area contributed by atoms with Crippen molar-refractivity contribution in [2.24, 2.45) is 5.92 Å². The van der Waals surface area contributed by atoms with Crippen LogP contribution in [0.5, 0.6) is 0 Å². The lowest BCUT2D eigenvalue weighted by molar-refractivity contribution is -0.144. The first-order chi connectivity index (χ1) is 15.0. The molecule has 184 valence electrons. The first-order valence-electron chi connectivity index (χ1n) is 10.3. The van der Waals surface area contributed by atoms with Crippen LogP contribution in [0.4, 0.5) is 29.3 Å². The number of oxazole rings is 1. The standard InChI is InChI=1S/C21H27F4N3O4S/c1-12(2)15-11-27(13-6-7-14(22)16(10-13)33(5,30)31)8-9-28(15)19-26-17(21(23,24)25)18(32-19)20(3,4)29/h6-7,10,12,15,29H,8-9,11H2,1-5H3. The summed E-state index contributed by atoms with van der Waals surface area (Å²) in [6.07, 6.45) is -3.88. The van der Waals surface area contributed by atoms with Crippen LogP contribution < -0.4 is 9.80 Å². The Morgan fingerprint density at radius 2 is 1.85 bits per heavy atom. The van der Waals surface area contributed by atoms with Crippen molar-refractivity contribution >= 4 is 21.5 Å². The molecule has 0 saturated carbocycles. The Morgan fingerprint density at radius 3 is 2.33 bits per heavy atom. The molecule has 0 bridgehead atoms. The van der Waals surface area contributed by atoms with Crippen LogP contribution in [-0.4, -0.2) is 50.4 Å². The maximum atomic E-state index is 14.0. The maximum absolute atomic E-state index is 14.0. The highest BCUT2D eigenvalue weighted by molar-refractivity contribution is 7.90. The van der Waals surface area contributed by atoms with Crippen molar-refractivity contribution in [1.82, 2.24) is 4.98 Å². The highest BCUT2D eigenvalue weighted by Crippen LogP contribution is 2.40. The number of nitrogens with zero attached hydrogens (tertiary/aromatic N) is 3. The van der Waals surface area contributed by atoms with Gasteiger partial charge in [0.25, 0.3) is 6.01 Å². The molecule has 1 aromatic carbocycles. The number of sulfone groups is 1. The molecular formula is C21H27F4N3O4S. The number of halogens is 4. The van der Waals surface area contributed by atoms with E-state index < -0.39 is 43.8 Å². The lowest BCUT2D eigenvalue weighted by Gasteiger charge is -2.43. The number of piperazine rings is 1. The van der Waals surface area contributed by atoms with E-state index in [9.17, 15) is 31.1 Å². The zero-order chi connectivity index (χ0) is 24.9. The molecule has 12 heteroatoms. The number of aliphatic hydroxyl groups is 1. The van der Waals surface area contributed by atoms with E-state index in [-0.39, 0.29) is 24.5 Å². The monoisotopic (exact) mass is 493 g/mol. The van der Waals surface area contributed by atoms with Gasteiger partial charge in [-0.25, -0.2) is 12.8 Å². The molecule has 0 radical (unpaired) electrons. The van der Waals surface area contributed by atoms with E-state index in [0.29, 0.717) is 18.8 Å². The Kier molecular flexibility index (Phi) is 6.48. The lowest BCUT2D eigenvalue weighted by Crippen LogP contribution is -2.55.